The zero-order valence-electron chi connectivity index (χ0n) is 12.0. The van der Waals surface area contributed by atoms with Crippen molar-refractivity contribution in [1.82, 2.24) is 9.80 Å². The van der Waals surface area contributed by atoms with E-state index in [4.69, 9.17) is 0 Å². The first kappa shape index (κ1) is 21.8. The second-order valence-electron chi connectivity index (χ2n) is 3.91. The molecule has 0 aromatic rings. The Hall–Kier alpha value is 0.543. The van der Waals surface area contributed by atoms with Gasteiger partial charge in [-0.15, -0.1) is 0 Å². The van der Waals surface area contributed by atoms with Crippen molar-refractivity contribution in [3.63, 3.8) is 0 Å². The maximum atomic E-state index is 3.77. The van der Waals surface area contributed by atoms with Crippen LogP contribution in [-0.4, -0.2) is 50.1 Å². The zero-order valence-corrected chi connectivity index (χ0v) is 14.9. The molecule has 0 aliphatic carbocycles. The molecule has 0 radical (unpaired) electrons. The van der Waals surface area contributed by atoms with Gasteiger partial charge in [0.15, 0.2) is 0 Å². The summed E-state index contributed by atoms with van der Waals surface area (Å²) in [5, 5.41) is 0. The summed E-state index contributed by atoms with van der Waals surface area (Å²) in [4.78, 5) is 4.54. The standard InChI is InChI=1S/C7H16N.C6H14N.Zn/c1-4-6-8(3)7-5-2;1-4-6-7(3)5-2;/h1,4-7H2,2-3H3;1,4-6H2,2-3H3;/q2*-1;+2. The molecule has 0 unspecified atom stereocenters. The van der Waals surface area contributed by atoms with Gasteiger partial charge in [-0.3, -0.25) is 0 Å². The molecule has 0 fully saturated rings. The van der Waals surface area contributed by atoms with Gasteiger partial charge in [-0.2, -0.15) is 12.8 Å². The molecule has 0 aromatic carbocycles. The molecule has 3 heteroatoms. The molecule has 16 heavy (non-hydrogen) atoms. The Labute approximate surface area is 117 Å². The first-order valence-electron chi connectivity index (χ1n) is 6.07. The largest absolute Gasteiger partial charge is 2.00 e. The predicted molar refractivity (Wildman–Crippen MR) is 70.9 cm³/mol. The first-order chi connectivity index (χ1) is 7.12. The van der Waals surface area contributed by atoms with E-state index in [1.54, 1.807) is 0 Å². The van der Waals surface area contributed by atoms with Gasteiger partial charge >= 0.3 is 19.5 Å². The zero-order chi connectivity index (χ0) is 12.1. The number of rotatable bonds is 7. The number of hydrogen-bond donors (Lipinski definition) is 0. The molecule has 0 aliphatic rings. The molecule has 0 aromatic heterocycles. The fraction of sp³-hybridized carbons (Fsp3) is 0.846. The van der Waals surface area contributed by atoms with Crippen LogP contribution in [0.25, 0.3) is 0 Å². The van der Waals surface area contributed by atoms with Crippen molar-refractivity contribution in [3.05, 3.63) is 13.8 Å². The van der Waals surface area contributed by atoms with Crippen molar-refractivity contribution in [1.29, 1.82) is 0 Å². The summed E-state index contributed by atoms with van der Waals surface area (Å²) in [5.41, 5.74) is 0. The molecule has 0 heterocycles. The topological polar surface area (TPSA) is 6.48 Å². The van der Waals surface area contributed by atoms with Crippen LogP contribution < -0.4 is 0 Å². The third-order valence-corrected chi connectivity index (χ3v) is 2.22. The number of nitrogens with zero attached hydrogens (tertiary/aromatic N) is 2. The molecule has 0 rings (SSSR count). The molecule has 0 saturated heterocycles. The van der Waals surface area contributed by atoms with E-state index in [0.29, 0.717) is 0 Å². The van der Waals surface area contributed by atoms with Crippen molar-refractivity contribution in [2.45, 2.75) is 33.1 Å². The quantitative estimate of drug-likeness (QED) is 0.522. The number of hydrogen-bond acceptors (Lipinski definition) is 2. The smallest absolute Gasteiger partial charge is 0.342 e. The van der Waals surface area contributed by atoms with Crippen molar-refractivity contribution in [2.75, 3.05) is 40.3 Å². The maximum Gasteiger partial charge on any atom is 2.00 e. The van der Waals surface area contributed by atoms with Crippen LogP contribution in [0.5, 0.6) is 0 Å². The summed E-state index contributed by atoms with van der Waals surface area (Å²) in [6.45, 7) is 16.4. The van der Waals surface area contributed by atoms with Gasteiger partial charge in [-0.25, -0.2) is 0 Å². The Morgan fingerprint density at radius 2 is 1.25 bits per heavy atom. The molecule has 0 spiro atoms. The summed E-state index contributed by atoms with van der Waals surface area (Å²) < 4.78 is 0. The van der Waals surface area contributed by atoms with Crippen molar-refractivity contribution < 1.29 is 19.5 Å². The van der Waals surface area contributed by atoms with Crippen LogP contribution in [0.2, 0.25) is 0 Å². The second-order valence-corrected chi connectivity index (χ2v) is 3.91. The van der Waals surface area contributed by atoms with Crippen molar-refractivity contribution >= 4 is 0 Å². The van der Waals surface area contributed by atoms with Crippen LogP contribution in [0.3, 0.4) is 0 Å². The van der Waals surface area contributed by atoms with Crippen LogP contribution in [0.1, 0.15) is 33.1 Å². The molecule has 0 bridgehead atoms. The average Bonchev–Trinajstić information content (AvgIpc) is 2.20. The van der Waals surface area contributed by atoms with E-state index < -0.39 is 0 Å². The van der Waals surface area contributed by atoms with Crippen LogP contribution in [0.4, 0.5) is 0 Å². The van der Waals surface area contributed by atoms with Crippen molar-refractivity contribution in [3.8, 4) is 0 Å². The minimum absolute atomic E-state index is 0. The summed E-state index contributed by atoms with van der Waals surface area (Å²) in [5.74, 6) is 0. The molecule has 0 saturated carbocycles. The third-order valence-electron chi connectivity index (χ3n) is 2.22. The summed E-state index contributed by atoms with van der Waals surface area (Å²) in [6, 6.07) is 0. The van der Waals surface area contributed by atoms with Crippen LogP contribution >= 0.6 is 0 Å². The molecule has 0 amide bonds. The fourth-order valence-electron chi connectivity index (χ4n) is 1.19. The van der Waals surface area contributed by atoms with Crippen LogP contribution in [-0.2, 0) is 19.5 Å². The van der Waals surface area contributed by atoms with Gasteiger partial charge in [-0.05, 0) is 46.7 Å². The van der Waals surface area contributed by atoms with Gasteiger partial charge in [0.05, 0.1) is 0 Å². The molecule has 0 N–H and O–H groups in total. The van der Waals surface area contributed by atoms with Gasteiger partial charge in [0.1, 0.15) is 0 Å². The molecule has 0 atom stereocenters. The van der Waals surface area contributed by atoms with Crippen LogP contribution in [0, 0.1) is 13.8 Å². The monoisotopic (exact) mass is 278 g/mol. The van der Waals surface area contributed by atoms with Gasteiger partial charge < -0.3 is 23.6 Å². The van der Waals surface area contributed by atoms with E-state index in [-0.39, 0.29) is 19.5 Å². The van der Waals surface area contributed by atoms with E-state index in [1.165, 1.54) is 13.0 Å². The second kappa shape index (κ2) is 17.9. The summed E-state index contributed by atoms with van der Waals surface area (Å²) >= 11 is 0. The van der Waals surface area contributed by atoms with Crippen LogP contribution in [0.15, 0.2) is 0 Å². The van der Waals surface area contributed by atoms with Gasteiger partial charge in [-0.1, -0.05) is 13.8 Å². The first-order valence-corrected chi connectivity index (χ1v) is 6.07. The molecular weight excluding hydrogens is 250 g/mol. The summed E-state index contributed by atoms with van der Waals surface area (Å²) in [7, 11) is 4.24. The predicted octanol–water partition coefficient (Wildman–Crippen LogP) is 2.71. The average molecular weight is 280 g/mol. The molecule has 2 nitrogen and oxygen atoms in total. The van der Waals surface area contributed by atoms with E-state index in [9.17, 15) is 0 Å². The van der Waals surface area contributed by atoms with E-state index in [1.807, 2.05) is 0 Å². The van der Waals surface area contributed by atoms with E-state index in [2.05, 4.69) is 51.6 Å². The Morgan fingerprint density at radius 1 is 0.812 bits per heavy atom. The molecular formula is C13H30N2Zn. The van der Waals surface area contributed by atoms with Gasteiger partial charge in [0.2, 0.25) is 0 Å². The minimum Gasteiger partial charge on any atom is -0.342 e. The third kappa shape index (κ3) is 20.0. The van der Waals surface area contributed by atoms with E-state index >= 15 is 0 Å². The fourth-order valence-corrected chi connectivity index (χ4v) is 1.19. The summed E-state index contributed by atoms with van der Waals surface area (Å²) in [6.07, 6.45) is 3.29. The minimum atomic E-state index is 0. The Bertz CT molecular complexity index is 104. The SMILES string of the molecule is [CH2-]CCN(C)CC.[CH2-]CCN(C)CCC.[Zn+2]. The van der Waals surface area contributed by atoms with Gasteiger partial charge in [0.25, 0.3) is 0 Å². The molecule has 94 valence electrons. The van der Waals surface area contributed by atoms with Crippen molar-refractivity contribution in [2.24, 2.45) is 0 Å². The Balaban J connectivity index is -0.000000200. The van der Waals surface area contributed by atoms with Gasteiger partial charge in [0, 0.05) is 0 Å². The van der Waals surface area contributed by atoms with E-state index in [0.717, 1.165) is 32.5 Å². The Kier molecular flexibility index (Phi) is 24.4. The molecule has 0 aliphatic heterocycles. The normalized spacial score (nSPS) is 9.75. The maximum absolute atomic E-state index is 3.77. The Morgan fingerprint density at radius 3 is 1.50 bits per heavy atom.